The van der Waals surface area contributed by atoms with E-state index in [-0.39, 0.29) is 11.7 Å². The molecule has 6 heteroatoms. The summed E-state index contributed by atoms with van der Waals surface area (Å²) in [5.41, 5.74) is 4.15. The number of aromatic hydroxyl groups is 1. The van der Waals surface area contributed by atoms with Gasteiger partial charge >= 0.3 is 0 Å². The molecule has 31 heavy (non-hydrogen) atoms. The summed E-state index contributed by atoms with van der Waals surface area (Å²) in [6, 6.07) is 9.38. The van der Waals surface area contributed by atoms with Crippen LogP contribution in [0, 0.1) is 18.8 Å². The molecule has 1 heterocycles. The van der Waals surface area contributed by atoms with Gasteiger partial charge in [0, 0.05) is 11.6 Å². The first kappa shape index (κ1) is 21.1. The number of anilines is 2. The molecule has 6 nitrogen and oxygen atoms in total. The Bertz CT molecular complexity index is 1030. The summed E-state index contributed by atoms with van der Waals surface area (Å²) in [6.45, 7) is 2.92. The highest BCUT2D eigenvalue weighted by molar-refractivity contribution is 5.96. The molecule has 1 unspecified atom stereocenters. The Morgan fingerprint density at radius 2 is 2.06 bits per heavy atom. The van der Waals surface area contributed by atoms with Gasteiger partial charge < -0.3 is 25.8 Å². The number of benzene rings is 2. The Balaban J connectivity index is 1.56. The molecule has 1 fully saturated rings. The maximum atomic E-state index is 13.0. The third-order valence-electron chi connectivity index (χ3n) is 5.88. The Labute approximate surface area is 183 Å². The average molecular weight is 420 g/mol. The number of carbonyl (C=O) groups excluding carboxylic acids is 1. The zero-order valence-corrected chi connectivity index (χ0v) is 18.0. The van der Waals surface area contributed by atoms with Crippen molar-refractivity contribution < 1.29 is 14.6 Å². The quantitative estimate of drug-likeness (QED) is 0.568. The van der Waals surface area contributed by atoms with Gasteiger partial charge in [-0.1, -0.05) is 30.7 Å². The number of hydrogen-bond acceptors (Lipinski definition) is 5. The maximum absolute atomic E-state index is 13.0. The summed E-state index contributed by atoms with van der Waals surface area (Å²) < 4.78 is 5.91. The highest BCUT2D eigenvalue weighted by Gasteiger charge is 2.27. The van der Waals surface area contributed by atoms with Crippen LogP contribution in [0.5, 0.6) is 11.5 Å². The molecule has 1 saturated carbocycles. The van der Waals surface area contributed by atoms with Crippen molar-refractivity contribution in [3.63, 3.8) is 0 Å². The molecule has 2 aliphatic rings. The SMILES string of the molecule is CNCC#Cc1cc(C2CCCC2)c(O)cc1NC(=O)C1CNc2cc(C)ccc2O1. The summed E-state index contributed by atoms with van der Waals surface area (Å²) in [5, 5.41) is 19.9. The van der Waals surface area contributed by atoms with Crippen molar-refractivity contribution in [3.8, 4) is 23.3 Å². The fourth-order valence-electron chi connectivity index (χ4n) is 4.25. The number of phenolic OH excluding ortho intramolecular Hbond substituents is 1. The van der Waals surface area contributed by atoms with Gasteiger partial charge in [0.1, 0.15) is 11.5 Å². The molecule has 0 radical (unpaired) electrons. The topological polar surface area (TPSA) is 82.6 Å². The van der Waals surface area contributed by atoms with Gasteiger partial charge in [-0.25, -0.2) is 0 Å². The maximum Gasteiger partial charge on any atom is 0.267 e. The summed E-state index contributed by atoms with van der Waals surface area (Å²) in [7, 11) is 1.84. The van der Waals surface area contributed by atoms with E-state index >= 15 is 0 Å². The third-order valence-corrected chi connectivity index (χ3v) is 5.88. The molecule has 2 aromatic rings. The van der Waals surface area contributed by atoms with Crippen LogP contribution in [-0.4, -0.2) is 37.3 Å². The highest BCUT2D eigenvalue weighted by atomic mass is 16.5. The van der Waals surface area contributed by atoms with Crippen LogP contribution < -0.4 is 20.7 Å². The molecule has 0 bridgehead atoms. The number of hydrogen-bond donors (Lipinski definition) is 4. The summed E-state index contributed by atoms with van der Waals surface area (Å²) in [5.74, 6) is 7.15. The highest BCUT2D eigenvalue weighted by Crippen LogP contribution is 2.40. The molecular formula is C25H29N3O3. The summed E-state index contributed by atoms with van der Waals surface area (Å²) >= 11 is 0. The lowest BCUT2D eigenvalue weighted by Gasteiger charge is -2.27. The molecule has 4 rings (SSSR count). The smallest absolute Gasteiger partial charge is 0.267 e. The van der Waals surface area contributed by atoms with Gasteiger partial charge in [0.2, 0.25) is 0 Å². The van der Waals surface area contributed by atoms with Gasteiger partial charge in [0.15, 0.2) is 6.10 Å². The number of amides is 1. The van der Waals surface area contributed by atoms with E-state index in [1.165, 1.54) is 12.8 Å². The standard InChI is InChI=1S/C25H29N3O3/c1-16-9-10-23-21(12-16)27-15-24(31-23)25(30)28-20-14-22(29)19(17-6-3-4-7-17)13-18(20)8-5-11-26-2/h9-10,12-14,17,24,26-27,29H,3-4,6-7,11,15H2,1-2H3,(H,28,30). The molecule has 0 saturated heterocycles. The van der Waals surface area contributed by atoms with E-state index in [0.717, 1.165) is 29.7 Å². The van der Waals surface area contributed by atoms with Crippen LogP contribution in [0.25, 0.3) is 0 Å². The number of phenols is 1. The Kier molecular flexibility index (Phi) is 6.34. The number of aryl methyl sites for hydroxylation is 1. The van der Waals surface area contributed by atoms with E-state index in [1.54, 1.807) is 6.07 Å². The lowest BCUT2D eigenvalue weighted by molar-refractivity contribution is -0.122. The van der Waals surface area contributed by atoms with Gasteiger partial charge in [-0.15, -0.1) is 0 Å². The zero-order valence-electron chi connectivity index (χ0n) is 18.0. The van der Waals surface area contributed by atoms with Gasteiger partial charge in [0.05, 0.1) is 24.5 Å². The predicted octanol–water partition coefficient (Wildman–Crippen LogP) is 3.74. The number of fused-ring (bicyclic) bond motifs is 1. The number of ether oxygens (including phenoxy) is 1. The number of rotatable bonds is 4. The number of carbonyl (C=O) groups is 1. The van der Waals surface area contributed by atoms with E-state index in [2.05, 4.69) is 27.8 Å². The zero-order chi connectivity index (χ0) is 21.8. The molecule has 0 spiro atoms. The average Bonchev–Trinajstić information content (AvgIpc) is 3.29. The lowest BCUT2D eigenvalue weighted by atomic mass is 9.94. The number of nitrogens with one attached hydrogen (secondary N) is 3. The van der Waals surface area contributed by atoms with E-state index in [1.807, 2.05) is 38.2 Å². The molecular weight excluding hydrogens is 390 g/mol. The summed E-state index contributed by atoms with van der Waals surface area (Å²) in [4.78, 5) is 13.0. The molecule has 0 aromatic heterocycles. The van der Waals surface area contributed by atoms with E-state index in [0.29, 0.717) is 36.0 Å². The van der Waals surface area contributed by atoms with Crippen LogP contribution in [0.3, 0.4) is 0 Å². The van der Waals surface area contributed by atoms with E-state index < -0.39 is 6.10 Å². The summed E-state index contributed by atoms with van der Waals surface area (Å²) in [6.07, 6.45) is 3.82. The lowest BCUT2D eigenvalue weighted by Crippen LogP contribution is -2.41. The fraction of sp³-hybridized carbons (Fsp3) is 0.400. The van der Waals surface area contributed by atoms with Crippen LogP contribution in [0.4, 0.5) is 11.4 Å². The van der Waals surface area contributed by atoms with Gasteiger partial charge in [-0.05, 0) is 62.1 Å². The molecule has 1 amide bonds. The Morgan fingerprint density at radius 3 is 2.84 bits per heavy atom. The van der Waals surface area contributed by atoms with Crippen molar-refractivity contribution in [2.75, 3.05) is 30.8 Å². The van der Waals surface area contributed by atoms with Crippen molar-refractivity contribution in [3.05, 3.63) is 47.0 Å². The minimum Gasteiger partial charge on any atom is -0.508 e. The van der Waals surface area contributed by atoms with Crippen LogP contribution in [0.2, 0.25) is 0 Å². The van der Waals surface area contributed by atoms with Crippen LogP contribution in [-0.2, 0) is 4.79 Å². The predicted molar refractivity (Wildman–Crippen MR) is 123 cm³/mol. The first-order chi connectivity index (χ1) is 15.0. The van der Waals surface area contributed by atoms with Gasteiger partial charge in [-0.2, -0.15) is 0 Å². The molecule has 4 N–H and O–H groups in total. The second-order valence-electron chi connectivity index (χ2n) is 8.25. The van der Waals surface area contributed by atoms with E-state index in [9.17, 15) is 9.90 Å². The van der Waals surface area contributed by atoms with Crippen molar-refractivity contribution in [1.82, 2.24) is 5.32 Å². The van der Waals surface area contributed by atoms with Crippen molar-refractivity contribution in [2.45, 2.75) is 44.6 Å². The van der Waals surface area contributed by atoms with Gasteiger partial charge in [-0.3, -0.25) is 4.79 Å². The monoisotopic (exact) mass is 419 g/mol. The molecule has 1 aliphatic carbocycles. The first-order valence-corrected chi connectivity index (χ1v) is 10.9. The molecule has 2 aromatic carbocycles. The minimum absolute atomic E-state index is 0.213. The van der Waals surface area contributed by atoms with Crippen LogP contribution in [0.15, 0.2) is 30.3 Å². The third kappa shape index (κ3) is 4.78. The van der Waals surface area contributed by atoms with Crippen molar-refractivity contribution in [2.24, 2.45) is 0 Å². The van der Waals surface area contributed by atoms with Crippen molar-refractivity contribution >= 4 is 17.3 Å². The molecule has 1 atom stereocenters. The van der Waals surface area contributed by atoms with Crippen LogP contribution in [0.1, 0.15) is 48.3 Å². The molecule has 1 aliphatic heterocycles. The second-order valence-corrected chi connectivity index (χ2v) is 8.25. The van der Waals surface area contributed by atoms with Crippen LogP contribution >= 0.6 is 0 Å². The normalized spacial score (nSPS) is 17.7. The Morgan fingerprint density at radius 1 is 1.26 bits per heavy atom. The minimum atomic E-state index is -0.676. The van der Waals surface area contributed by atoms with E-state index in [4.69, 9.17) is 4.74 Å². The molecule has 162 valence electrons. The Hall–Kier alpha value is -3.17. The van der Waals surface area contributed by atoms with Crippen molar-refractivity contribution in [1.29, 1.82) is 0 Å². The second kappa shape index (κ2) is 9.32. The fourth-order valence-corrected chi connectivity index (χ4v) is 4.25. The largest absolute Gasteiger partial charge is 0.508 e. The van der Waals surface area contributed by atoms with Gasteiger partial charge in [0.25, 0.3) is 5.91 Å². The first-order valence-electron chi connectivity index (χ1n) is 10.9.